The fourth-order valence-corrected chi connectivity index (χ4v) is 6.41. The van der Waals surface area contributed by atoms with Gasteiger partial charge in [-0.15, -0.1) is 0 Å². The number of nitrogens with zero attached hydrogens (tertiary/aromatic N) is 3. The first kappa shape index (κ1) is 19.8. The molecule has 4 aliphatic heterocycles. The van der Waals surface area contributed by atoms with Crippen LogP contribution >= 0.6 is 0 Å². The molecule has 0 aromatic rings. The molecule has 1 unspecified atom stereocenters. The van der Waals surface area contributed by atoms with Crippen molar-refractivity contribution < 1.29 is 9.53 Å². The maximum Gasteiger partial charge on any atom is 0.233 e. The molecule has 5 nitrogen and oxygen atoms in total. The number of carbonyl (C=O) groups is 1. The molecule has 5 aliphatic rings. The predicted molar refractivity (Wildman–Crippen MR) is 114 cm³/mol. The van der Waals surface area contributed by atoms with Crippen molar-refractivity contribution in [3.63, 3.8) is 0 Å². The van der Waals surface area contributed by atoms with Crippen LogP contribution in [0.5, 0.6) is 0 Å². The number of hydrogen-bond donors (Lipinski definition) is 0. The van der Waals surface area contributed by atoms with Crippen molar-refractivity contribution >= 4 is 5.91 Å². The minimum atomic E-state index is -0.151. The molecule has 0 aromatic carbocycles. The Morgan fingerprint density at radius 1 is 1.10 bits per heavy atom. The predicted octanol–water partition coefficient (Wildman–Crippen LogP) is 3.18. The molecular weight excluding hydrogens is 362 g/mol. The number of hydrogen-bond acceptors (Lipinski definition) is 4. The van der Waals surface area contributed by atoms with Crippen LogP contribution in [0.15, 0.2) is 23.9 Å². The first-order chi connectivity index (χ1) is 14.0. The Hall–Kier alpha value is -1.17. The zero-order valence-corrected chi connectivity index (χ0v) is 18.2. The van der Waals surface area contributed by atoms with Gasteiger partial charge in [0.1, 0.15) is 0 Å². The fraction of sp³-hybridized carbons (Fsp3) is 0.792. The van der Waals surface area contributed by atoms with E-state index in [0.717, 1.165) is 63.2 Å². The number of rotatable bonds is 3. The SMILES string of the molecule is C[C@H]1CCCN1[C@H]1CCN(C2(C)C=CC(N3CCC4(CCOCC4)C3=O)=CC2)C1. The number of allylic oxidation sites excluding steroid dienone is 1. The summed E-state index contributed by atoms with van der Waals surface area (Å²) in [7, 11) is 0. The van der Waals surface area contributed by atoms with Crippen molar-refractivity contribution in [2.75, 3.05) is 39.4 Å². The van der Waals surface area contributed by atoms with Gasteiger partial charge in [0.05, 0.1) is 5.41 Å². The number of carbonyl (C=O) groups excluding carboxylic acids is 1. The van der Waals surface area contributed by atoms with Crippen molar-refractivity contribution in [1.29, 1.82) is 0 Å². The Kier molecular flexibility index (Phi) is 5.12. The summed E-state index contributed by atoms with van der Waals surface area (Å²) in [5.41, 5.74) is 1.06. The summed E-state index contributed by atoms with van der Waals surface area (Å²) in [6, 6.07) is 1.47. The van der Waals surface area contributed by atoms with Crippen LogP contribution in [0.3, 0.4) is 0 Å². The second-order valence-electron chi connectivity index (χ2n) is 10.2. The van der Waals surface area contributed by atoms with E-state index in [1.165, 1.54) is 38.9 Å². The molecule has 1 amide bonds. The van der Waals surface area contributed by atoms with E-state index >= 15 is 0 Å². The first-order valence-electron chi connectivity index (χ1n) is 11.8. The molecule has 3 atom stereocenters. The Balaban J connectivity index is 1.23. The van der Waals surface area contributed by atoms with Gasteiger partial charge >= 0.3 is 0 Å². The van der Waals surface area contributed by atoms with Gasteiger partial charge in [0.2, 0.25) is 5.91 Å². The lowest BCUT2D eigenvalue weighted by Gasteiger charge is -2.39. The molecule has 4 heterocycles. The van der Waals surface area contributed by atoms with Crippen LogP contribution in [0, 0.1) is 5.41 Å². The van der Waals surface area contributed by atoms with E-state index < -0.39 is 0 Å². The van der Waals surface area contributed by atoms with Crippen molar-refractivity contribution in [1.82, 2.24) is 14.7 Å². The van der Waals surface area contributed by atoms with Crippen molar-refractivity contribution in [2.24, 2.45) is 5.41 Å². The molecule has 1 spiro atoms. The van der Waals surface area contributed by atoms with Gasteiger partial charge in [-0.2, -0.15) is 0 Å². The summed E-state index contributed by atoms with van der Waals surface area (Å²) < 4.78 is 5.51. The van der Waals surface area contributed by atoms with E-state index in [1.54, 1.807) is 0 Å². The van der Waals surface area contributed by atoms with Crippen LogP contribution < -0.4 is 0 Å². The topological polar surface area (TPSA) is 36.0 Å². The maximum absolute atomic E-state index is 13.2. The molecular formula is C24H37N3O2. The molecule has 160 valence electrons. The van der Waals surface area contributed by atoms with E-state index in [0.29, 0.717) is 5.91 Å². The van der Waals surface area contributed by atoms with Gasteiger partial charge in [-0.25, -0.2) is 0 Å². The average Bonchev–Trinajstić information content (AvgIpc) is 3.45. The van der Waals surface area contributed by atoms with E-state index in [-0.39, 0.29) is 11.0 Å². The average molecular weight is 400 g/mol. The van der Waals surface area contributed by atoms with Crippen LogP contribution in [0.2, 0.25) is 0 Å². The van der Waals surface area contributed by atoms with Crippen LogP contribution in [-0.2, 0) is 9.53 Å². The van der Waals surface area contributed by atoms with Crippen molar-refractivity contribution in [3.05, 3.63) is 23.9 Å². The van der Waals surface area contributed by atoms with Crippen molar-refractivity contribution in [3.8, 4) is 0 Å². The Bertz CT molecular complexity index is 711. The molecule has 0 saturated carbocycles. The minimum absolute atomic E-state index is 0.0837. The molecule has 0 bridgehead atoms. The third kappa shape index (κ3) is 3.39. The summed E-state index contributed by atoms with van der Waals surface area (Å²) in [5, 5.41) is 0. The maximum atomic E-state index is 13.2. The van der Waals surface area contributed by atoms with Gasteiger partial charge in [-0.05, 0) is 71.4 Å². The van der Waals surface area contributed by atoms with E-state index in [9.17, 15) is 4.79 Å². The highest BCUT2D eigenvalue weighted by molar-refractivity contribution is 5.87. The molecule has 5 rings (SSSR count). The summed E-state index contributed by atoms with van der Waals surface area (Å²) in [6.07, 6.45) is 14.7. The van der Waals surface area contributed by atoms with Crippen LogP contribution in [0.4, 0.5) is 0 Å². The van der Waals surface area contributed by atoms with Crippen LogP contribution in [0.1, 0.15) is 58.8 Å². The van der Waals surface area contributed by atoms with Crippen molar-refractivity contribution in [2.45, 2.75) is 76.4 Å². The summed E-state index contributed by atoms with van der Waals surface area (Å²) in [6.45, 7) is 10.7. The van der Waals surface area contributed by atoms with E-state index in [4.69, 9.17) is 4.74 Å². The third-order valence-electron chi connectivity index (χ3n) is 8.57. The zero-order valence-electron chi connectivity index (χ0n) is 18.2. The van der Waals surface area contributed by atoms with Crippen LogP contribution in [0.25, 0.3) is 0 Å². The molecule has 0 N–H and O–H groups in total. The second-order valence-corrected chi connectivity index (χ2v) is 10.2. The first-order valence-corrected chi connectivity index (χ1v) is 11.8. The number of likely N-dealkylation sites (tertiary alicyclic amines) is 3. The zero-order chi connectivity index (χ0) is 20.1. The fourth-order valence-electron chi connectivity index (χ4n) is 6.41. The molecule has 5 heteroatoms. The standard InChI is InChI=1S/C24H37N3O2/c1-19-4-3-13-26(19)21-7-14-25(18-21)23(2)8-5-20(6-9-23)27-15-10-24(22(27)28)11-16-29-17-12-24/h5-6,8,19,21H,3-4,7,9-18H2,1-2H3/t19-,21-,23?/m0/s1. The second kappa shape index (κ2) is 7.51. The Labute approximate surface area is 175 Å². The number of amides is 1. The third-order valence-corrected chi connectivity index (χ3v) is 8.57. The van der Waals surface area contributed by atoms with Gasteiger partial charge in [-0.3, -0.25) is 14.6 Å². The smallest absolute Gasteiger partial charge is 0.233 e. The van der Waals surface area contributed by atoms with Crippen LogP contribution in [-0.4, -0.2) is 77.6 Å². The molecule has 0 radical (unpaired) electrons. The lowest BCUT2D eigenvalue weighted by atomic mass is 9.79. The van der Waals surface area contributed by atoms with E-state index in [1.807, 2.05) is 0 Å². The normalized spacial score (nSPS) is 38.3. The van der Waals surface area contributed by atoms with Gasteiger partial charge in [-0.1, -0.05) is 12.2 Å². The van der Waals surface area contributed by atoms with Gasteiger partial charge in [0.15, 0.2) is 0 Å². The number of ether oxygens (including phenoxy) is 1. The minimum Gasteiger partial charge on any atom is -0.381 e. The lowest BCUT2D eigenvalue weighted by molar-refractivity contribution is -0.138. The quantitative estimate of drug-likeness (QED) is 0.730. The monoisotopic (exact) mass is 399 g/mol. The summed E-state index contributed by atoms with van der Waals surface area (Å²) >= 11 is 0. The highest BCUT2D eigenvalue weighted by atomic mass is 16.5. The lowest BCUT2D eigenvalue weighted by Crippen LogP contribution is -2.47. The van der Waals surface area contributed by atoms with E-state index in [2.05, 4.69) is 46.8 Å². The Morgan fingerprint density at radius 3 is 2.62 bits per heavy atom. The van der Waals surface area contributed by atoms with Gasteiger partial charge in [0, 0.05) is 56.2 Å². The van der Waals surface area contributed by atoms with Gasteiger partial charge < -0.3 is 9.64 Å². The largest absolute Gasteiger partial charge is 0.381 e. The highest BCUT2D eigenvalue weighted by Gasteiger charge is 2.48. The molecule has 1 aliphatic carbocycles. The molecule has 4 fully saturated rings. The molecule has 0 aromatic heterocycles. The molecule has 29 heavy (non-hydrogen) atoms. The molecule has 4 saturated heterocycles. The summed E-state index contributed by atoms with van der Waals surface area (Å²) in [5.74, 6) is 0.338. The van der Waals surface area contributed by atoms with Gasteiger partial charge in [0.25, 0.3) is 0 Å². The highest BCUT2D eigenvalue weighted by Crippen LogP contribution is 2.43. The Morgan fingerprint density at radius 2 is 1.93 bits per heavy atom. The summed E-state index contributed by atoms with van der Waals surface area (Å²) in [4.78, 5) is 20.7.